The third-order valence-corrected chi connectivity index (χ3v) is 4.26. The second-order valence-corrected chi connectivity index (χ2v) is 6.32. The van der Waals surface area contributed by atoms with Gasteiger partial charge in [0, 0.05) is 17.3 Å². The fourth-order valence-corrected chi connectivity index (χ4v) is 2.78. The van der Waals surface area contributed by atoms with Gasteiger partial charge in [0.25, 0.3) is 0 Å². The number of benzene rings is 1. The van der Waals surface area contributed by atoms with Crippen LogP contribution in [0.1, 0.15) is 11.3 Å². The zero-order chi connectivity index (χ0) is 17.5. The van der Waals surface area contributed by atoms with Crippen LogP contribution < -0.4 is 10.6 Å². The van der Waals surface area contributed by atoms with Crippen LogP contribution in [-0.2, 0) is 11.3 Å². The van der Waals surface area contributed by atoms with E-state index in [-0.39, 0.29) is 5.91 Å². The molecule has 126 valence electrons. The van der Waals surface area contributed by atoms with Gasteiger partial charge in [-0.3, -0.25) is 15.1 Å². The monoisotopic (exact) mass is 371 g/mol. The number of nitrogens with zero attached hydrogens (tertiary/aromatic N) is 3. The van der Waals surface area contributed by atoms with E-state index >= 15 is 0 Å². The van der Waals surface area contributed by atoms with Crippen molar-refractivity contribution < 1.29 is 4.79 Å². The van der Waals surface area contributed by atoms with Crippen LogP contribution >= 0.6 is 22.9 Å². The van der Waals surface area contributed by atoms with E-state index in [4.69, 9.17) is 11.6 Å². The van der Waals surface area contributed by atoms with E-state index < -0.39 is 0 Å². The number of pyridine rings is 1. The van der Waals surface area contributed by atoms with E-state index in [0.717, 1.165) is 11.3 Å². The van der Waals surface area contributed by atoms with Crippen LogP contribution in [0.2, 0.25) is 5.02 Å². The maximum atomic E-state index is 12.0. The lowest BCUT2D eigenvalue weighted by atomic mass is 10.2. The molecule has 0 aliphatic rings. The normalized spacial score (nSPS) is 10.8. The first kappa shape index (κ1) is 17.1. The molecule has 0 unspecified atom stereocenters. The smallest absolute Gasteiger partial charge is 0.250 e. The van der Waals surface area contributed by atoms with E-state index in [2.05, 4.69) is 25.8 Å². The van der Waals surface area contributed by atoms with Crippen molar-refractivity contribution >= 4 is 45.2 Å². The molecule has 3 aromatic rings. The largest absolute Gasteiger partial charge is 0.354 e. The highest BCUT2D eigenvalue weighted by molar-refractivity contribution is 7.19. The predicted molar refractivity (Wildman–Crippen MR) is 101 cm³/mol. The molecule has 0 radical (unpaired) electrons. The predicted octanol–water partition coefficient (Wildman–Crippen LogP) is 3.85. The number of anilines is 2. The molecule has 0 saturated carbocycles. The second-order valence-electron chi connectivity index (χ2n) is 4.93. The van der Waals surface area contributed by atoms with Gasteiger partial charge in [0.15, 0.2) is 0 Å². The maximum absolute atomic E-state index is 12.0. The van der Waals surface area contributed by atoms with Gasteiger partial charge in [-0.2, -0.15) is 0 Å². The Morgan fingerprint density at radius 1 is 1.12 bits per heavy atom. The summed E-state index contributed by atoms with van der Waals surface area (Å²) in [5, 5.41) is 15.3. The van der Waals surface area contributed by atoms with Crippen molar-refractivity contribution in [1.82, 2.24) is 15.2 Å². The van der Waals surface area contributed by atoms with Gasteiger partial charge in [-0.25, -0.2) is 0 Å². The molecule has 3 rings (SSSR count). The summed E-state index contributed by atoms with van der Waals surface area (Å²) in [6.45, 7) is 0.538. The van der Waals surface area contributed by atoms with Crippen LogP contribution in [0.25, 0.3) is 6.08 Å². The van der Waals surface area contributed by atoms with E-state index in [9.17, 15) is 4.79 Å². The van der Waals surface area contributed by atoms with Crippen molar-refractivity contribution in [2.75, 3.05) is 10.6 Å². The molecule has 0 aliphatic carbocycles. The second kappa shape index (κ2) is 8.36. The Hall–Kier alpha value is -2.77. The molecule has 2 heterocycles. The SMILES string of the molecule is O=C(C=Cc1ccccc1Cl)Nc1nnc(NCc2ccccn2)s1. The summed E-state index contributed by atoms with van der Waals surface area (Å²) in [5.74, 6) is -0.299. The number of halogens is 1. The molecule has 8 heteroatoms. The molecule has 25 heavy (non-hydrogen) atoms. The number of hydrogen-bond acceptors (Lipinski definition) is 6. The third kappa shape index (κ3) is 5.10. The minimum absolute atomic E-state index is 0.299. The molecule has 0 fully saturated rings. The summed E-state index contributed by atoms with van der Waals surface area (Å²) in [5.41, 5.74) is 1.67. The summed E-state index contributed by atoms with van der Waals surface area (Å²) in [6, 6.07) is 13.0. The lowest BCUT2D eigenvalue weighted by Gasteiger charge is -2.00. The van der Waals surface area contributed by atoms with E-state index in [1.165, 1.54) is 17.4 Å². The summed E-state index contributed by atoms with van der Waals surface area (Å²) < 4.78 is 0. The molecule has 2 aromatic heterocycles. The zero-order valence-electron chi connectivity index (χ0n) is 13.0. The van der Waals surface area contributed by atoms with Crippen molar-refractivity contribution in [2.24, 2.45) is 0 Å². The van der Waals surface area contributed by atoms with Gasteiger partial charge in [0.1, 0.15) is 0 Å². The van der Waals surface area contributed by atoms with Crippen LogP contribution in [0.15, 0.2) is 54.7 Å². The number of rotatable bonds is 6. The van der Waals surface area contributed by atoms with E-state index in [1.54, 1.807) is 18.3 Å². The number of aromatic nitrogens is 3. The summed E-state index contributed by atoms with van der Waals surface area (Å²) >= 11 is 7.29. The van der Waals surface area contributed by atoms with Gasteiger partial charge < -0.3 is 5.32 Å². The van der Waals surface area contributed by atoms with Crippen LogP contribution in [0, 0.1) is 0 Å². The summed E-state index contributed by atoms with van der Waals surface area (Å²) in [6.07, 6.45) is 4.79. The van der Waals surface area contributed by atoms with Gasteiger partial charge in [-0.05, 0) is 29.8 Å². The Bertz CT molecular complexity index is 882. The molecule has 1 aromatic carbocycles. The van der Waals surface area contributed by atoms with Gasteiger partial charge in [0.2, 0.25) is 16.2 Å². The minimum Gasteiger partial charge on any atom is -0.354 e. The number of nitrogens with one attached hydrogen (secondary N) is 2. The average Bonchev–Trinajstić information content (AvgIpc) is 3.07. The van der Waals surface area contributed by atoms with Crippen LogP contribution in [0.5, 0.6) is 0 Å². The molecule has 0 aliphatic heterocycles. The van der Waals surface area contributed by atoms with Crippen LogP contribution in [-0.4, -0.2) is 21.1 Å². The molecule has 0 bridgehead atoms. The molecule has 6 nitrogen and oxygen atoms in total. The number of amides is 1. The van der Waals surface area contributed by atoms with Crippen molar-refractivity contribution in [3.8, 4) is 0 Å². The fourth-order valence-electron chi connectivity index (χ4n) is 1.94. The Labute approximate surface area is 153 Å². The van der Waals surface area contributed by atoms with Crippen LogP contribution in [0.3, 0.4) is 0 Å². The van der Waals surface area contributed by atoms with Crippen molar-refractivity contribution in [2.45, 2.75) is 6.54 Å². The highest BCUT2D eigenvalue weighted by Crippen LogP contribution is 2.21. The van der Waals surface area contributed by atoms with Crippen molar-refractivity contribution in [1.29, 1.82) is 0 Å². The number of hydrogen-bond donors (Lipinski definition) is 2. The van der Waals surface area contributed by atoms with Crippen molar-refractivity contribution in [3.05, 3.63) is 71.0 Å². The Kier molecular flexibility index (Phi) is 5.71. The van der Waals surface area contributed by atoms with Gasteiger partial charge in [-0.15, -0.1) is 10.2 Å². The zero-order valence-corrected chi connectivity index (χ0v) is 14.6. The molecule has 0 spiro atoms. The minimum atomic E-state index is -0.299. The highest BCUT2D eigenvalue weighted by Gasteiger charge is 2.06. The van der Waals surface area contributed by atoms with Gasteiger partial charge in [0.05, 0.1) is 12.2 Å². The molecule has 1 amide bonds. The lowest BCUT2D eigenvalue weighted by Crippen LogP contribution is -2.07. The first-order valence-electron chi connectivity index (χ1n) is 7.41. The Morgan fingerprint density at radius 2 is 1.92 bits per heavy atom. The molecule has 0 saturated heterocycles. The quantitative estimate of drug-likeness (QED) is 0.643. The Morgan fingerprint density at radius 3 is 2.72 bits per heavy atom. The van der Waals surface area contributed by atoms with Crippen LogP contribution in [0.4, 0.5) is 10.3 Å². The first-order chi connectivity index (χ1) is 12.2. The molecular weight excluding hydrogens is 358 g/mol. The summed E-state index contributed by atoms with van der Waals surface area (Å²) in [4.78, 5) is 16.2. The van der Waals surface area contributed by atoms with Gasteiger partial charge >= 0.3 is 0 Å². The molecule has 0 atom stereocenters. The molecule has 2 N–H and O–H groups in total. The highest BCUT2D eigenvalue weighted by atomic mass is 35.5. The average molecular weight is 372 g/mol. The fraction of sp³-hybridized carbons (Fsp3) is 0.0588. The van der Waals surface area contributed by atoms with E-state index in [0.29, 0.717) is 21.8 Å². The lowest BCUT2D eigenvalue weighted by molar-refractivity contribution is -0.111. The Balaban J connectivity index is 1.54. The standard InChI is InChI=1S/C17H14ClN5OS/c18-14-7-2-1-5-12(14)8-9-15(24)21-17-23-22-16(25-17)20-11-13-6-3-4-10-19-13/h1-10H,11H2,(H,20,22)(H,21,23,24). The van der Waals surface area contributed by atoms with E-state index in [1.807, 2.05) is 36.4 Å². The number of carbonyl (C=O) groups excluding carboxylic acids is 1. The third-order valence-electron chi connectivity index (χ3n) is 3.12. The summed E-state index contributed by atoms with van der Waals surface area (Å²) in [7, 11) is 0. The maximum Gasteiger partial charge on any atom is 0.250 e. The topological polar surface area (TPSA) is 79.8 Å². The van der Waals surface area contributed by atoms with Gasteiger partial charge in [-0.1, -0.05) is 47.2 Å². The number of carbonyl (C=O) groups is 1. The first-order valence-corrected chi connectivity index (χ1v) is 8.61. The van der Waals surface area contributed by atoms with Crippen molar-refractivity contribution in [3.63, 3.8) is 0 Å². The molecular formula is C17H14ClN5OS.